The number of rotatable bonds is 4. The third-order valence-electron chi connectivity index (χ3n) is 4.15. The van der Waals surface area contributed by atoms with Crippen molar-refractivity contribution in [3.05, 3.63) is 65.7 Å². The lowest BCUT2D eigenvalue weighted by Crippen LogP contribution is -2.44. The molecule has 7 heteroatoms. The lowest BCUT2D eigenvalue weighted by molar-refractivity contribution is -0.145. The fourth-order valence-electron chi connectivity index (χ4n) is 2.89. The lowest BCUT2D eigenvalue weighted by Gasteiger charge is -2.29. The van der Waals surface area contributed by atoms with Crippen LogP contribution in [0.5, 0.6) is 11.5 Å². The molecule has 1 aliphatic rings. The summed E-state index contributed by atoms with van der Waals surface area (Å²) in [6, 6.07) is 8.35. The van der Waals surface area contributed by atoms with Crippen molar-refractivity contribution in [2.75, 3.05) is 0 Å². The number of carboxylic acids is 1. The number of carbonyl (C=O) groups excluding carboxylic acids is 1. The second-order valence-corrected chi connectivity index (χ2v) is 5.64. The van der Waals surface area contributed by atoms with Crippen molar-refractivity contribution in [1.29, 1.82) is 0 Å². The van der Waals surface area contributed by atoms with Crippen LogP contribution < -0.4 is 0 Å². The molecule has 2 aromatic carbocycles. The van der Waals surface area contributed by atoms with Gasteiger partial charge in [0, 0.05) is 16.8 Å². The van der Waals surface area contributed by atoms with E-state index in [4.69, 9.17) is 0 Å². The standard InChI is InChI=1S/C18H15NO6/c1-9-11-4-2-3-5-12(11)17(23)19(9)15(18(24)25)16(22)10-6-7-13(20)14(21)8-10/h2-8,15-16,20-22H,1H2,(H,24,25)/t15-,16+/m0/s1. The average molecular weight is 341 g/mol. The Labute approximate surface area is 142 Å². The maximum absolute atomic E-state index is 12.6. The highest BCUT2D eigenvalue weighted by Crippen LogP contribution is 2.37. The summed E-state index contributed by atoms with van der Waals surface area (Å²) in [7, 11) is 0. The number of carboxylic acid groups (broad SMARTS) is 1. The minimum Gasteiger partial charge on any atom is -0.504 e. The van der Waals surface area contributed by atoms with Gasteiger partial charge in [0.1, 0.15) is 6.10 Å². The Morgan fingerprint density at radius 2 is 1.68 bits per heavy atom. The number of aliphatic hydroxyl groups is 1. The van der Waals surface area contributed by atoms with Gasteiger partial charge in [-0.3, -0.25) is 9.69 Å². The molecule has 3 rings (SSSR count). The summed E-state index contributed by atoms with van der Waals surface area (Å²) in [5.41, 5.74) is 1.02. The van der Waals surface area contributed by atoms with E-state index < -0.39 is 35.5 Å². The van der Waals surface area contributed by atoms with E-state index in [-0.39, 0.29) is 11.3 Å². The molecule has 0 bridgehead atoms. The molecule has 2 aromatic rings. The second kappa shape index (κ2) is 5.95. The van der Waals surface area contributed by atoms with Gasteiger partial charge in [0.15, 0.2) is 17.5 Å². The molecule has 2 atom stereocenters. The van der Waals surface area contributed by atoms with Gasteiger partial charge in [0.05, 0.1) is 0 Å². The predicted octanol–water partition coefficient (Wildman–Crippen LogP) is 1.71. The lowest BCUT2D eigenvalue weighted by atomic mass is 10.00. The van der Waals surface area contributed by atoms with E-state index in [2.05, 4.69) is 6.58 Å². The van der Waals surface area contributed by atoms with Crippen LogP contribution in [0.25, 0.3) is 5.70 Å². The maximum atomic E-state index is 12.6. The van der Waals surface area contributed by atoms with Gasteiger partial charge in [0.25, 0.3) is 5.91 Å². The third kappa shape index (κ3) is 2.60. The molecule has 1 amide bonds. The molecular formula is C18H15NO6. The van der Waals surface area contributed by atoms with Crippen molar-refractivity contribution in [2.24, 2.45) is 0 Å². The minimum atomic E-state index is -1.64. The van der Waals surface area contributed by atoms with Gasteiger partial charge >= 0.3 is 5.97 Å². The molecular weight excluding hydrogens is 326 g/mol. The van der Waals surface area contributed by atoms with Crippen LogP contribution in [0.3, 0.4) is 0 Å². The number of hydrogen-bond acceptors (Lipinski definition) is 5. The Bertz CT molecular complexity index is 856. The highest BCUT2D eigenvalue weighted by molar-refractivity contribution is 6.10. The number of nitrogens with zero attached hydrogens (tertiary/aromatic N) is 1. The van der Waals surface area contributed by atoms with Gasteiger partial charge < -0.3 is 20.4 Å². The largest absolute Gasteiger partial charge is 0.504 e. The van der Waals surface area contributed by atoms with E-state index in [1.54, 1.807) is 24.3 Å². The zero-order valence-corrected chi connectivity index (χ0v) is 13.0. The van der Waals surface area contributed by atoms with E-state index in [1.807, 2.05) is 0 Å². The van der Waals surface area contributed by atoms with Gasteiger partial charge in [-0.05, 0) is 23.8 Å². The van der Waals surface area contributed by atoms with Crippen molar-refractivity contribution in [3.63, 3.8) is 0 Å². The maximum Gasteiger partial charge on any atom is 0.329 e. The summed E-state index contributed by atoms with van der Waals surface area (Å²) in [6.07, 6.45) is -1.64. The molecule has 128 valence electrons. The number of aromatic hydroxyl groups is 2. The van der Waals surface area contributed by atoms with Gasteiger partial charge in [-0.1, -0.05) is 30.8 Å². The minimum absolute atomic E-state index is 0.0410. The fraction of sp³-hybridized carbons (Fsp3) is 0.111. The summed E-state index contributed by atoms with van der Waals surface area (Å²) in [5.74, 6) is -2.91. The van der Waals surface area contributed by atoms with Crippen LogP contribution in [0, 0.1) is 0 Å². The molecule has 0 unspecified atom stereocenters. The molecule has 25 heavy (non-hydrogen) atoms. The number of fused-ring (bicyclic) bond motifs is 1. The van der Waals surface area contributed by atoms with Crippen molar-refractivity contribution >= 4 is 17.6 Å². The summed E-state index contributed by atoms with van der Waals surface area (Å²) in [6.45, 7) is 3.78. The number of phenolic OH excluding ortho intramolecular Hbond substituents is 2. The van der Waals surface area contributed by atoms with Gasteiger partial charge in [-0.2, -0.15) is 0 Å². The predicted molar refractivity (Wildman–Crippen MR) is 87.8 cm³/mol. The zero-order chi connectivity index (χ0) is 18.3. The highest BCUT2D eigenvalue weighted by Gasteiger charge is 2.43. The summed E-state index contributed by atoms with van der Waals surface area (Å²) in [5, 5.41) is 39.1. The number of benzene rings is 2. The van der Waals surface area contributed by atoms with Crippen LogP contribution >= 0.6 is 0 Å². The molecule has 0 fully saturated rings. The molecule has 0 spiro atoms. The third-order valence-corrected chi connectivity index (χ3v) is 4.15. The van der Waals surface area contributed by atoms with Gasteiger partial charge in [-0.25, -0.2) is 4.79 Å². The van der Waals surface area contributed by atoms with Crippen molar-refractivity contribution in [2.45, 2.75) is 12.1 Å². The van der Waals surface area contributed by atoms with E-state index in [0.717, 1.165) is 17.0 Å². The first-order valence-electron chi connectivity index (χ1n) is 7.37. The smallest absolute Gasteiger partial charge is 0.329 e. The first kappa shape index (κ1) is 16.5. The fourth-order valence-corrected chi connectivity index (χ4v) is 2.89. The quantitative estimate of drug-likeness (QED) is 0.629. The molecule has 1 heterocycles. The average Bonchev–Trinajstić information content (AvgIpc) is 2.83. The molecule has 0 aromatic heterocycles. The summed E-state index contributed by atoms with van der Waals surface area (Å²) >= 11 is 0. The molecule has 0 radical (unpaired) electrons. The Hall–Kier alpha value is -3.32. The monoisotopic (exact) mass is 341 g/mol. The van der Waals surface area contributed by atoms with Crippen molar-refractivity contribution < 1.29 is 30.0 Å². The van der Waals surface area contributed by atoms with Crippen LogP contribution in [0.4, 0.5) is 0 Å². The van der Waals surface area contributed by atoms with E-state index >= 15 is 0 Å². The second-order valence-electron chi connectivity index (χ2n) is 5.64. The normalized spacial score (nSPS) is 15.8. The number of amides is 1. The van der Waals surface area contributed by atoms with Crippen LogP contribution in [-0.4, -0.2) is 43.2 Å². The molecule has 4 N–H and O–H groups in total. The van der Waals surface area contributed by atoms with E-state index in [1.165, 1.54) is 6.07 Å². The number of aliphatic hydroxyl groups excluding tert-OH is 1. The SMILES string of the molecule is C=C1c2ccccc2C(=O)N1[C@H](C(=O)O)[C@H](O)c1ccc(O)c(O)c1. The Balaban J connectivity index is 2.02. The first-order chi connectivity index (χ1) is 11.8. The Kier molecular flexibility index (Phi) is 3.94. The van der Waals surface area contributed by atoms with Gasteiger partial charge in [0.2, 0.25) is 0 Å². The Morgan fingerprint density at radius 3 is 2.24 bits per heavy atom. The van der Waals surface area contributed by atoms with Crippen LogP contribution in [0.15, 0.2) is 49.0 Å². The molecule has 0 saturated carbocycles. The van der Waals surface area contributed by atoms with Crippen molar-refractivity contribution in [1.82, 2.24) is 4.90 Å². The van der Waals surface area contributed by atoms with E-state index in [9.17, 15) is 30.0 Å². The topological polar surface area (TPSA) is 118 Å². The molecule has 0 saturated heterocycles. The highest BCUT2D eigenvalue weighted by atomic mass is 16.4. The number of carbonyl (C=O) groups is 2. The van der Waals surface area contributed by atoms with Gasteiger partial charge in [-0.15, -0.1) is 0 Å². The summed E-state index contributed by atoms with van der Waals surface area (Å²) < 4.78 is 0. The Morgan fingerprint density at radius 1 is 1.04 bits per heavy atom. The van der Waals surface area contributed by atoms with Crippen LogP contribution in [-0.2, 0) is 4.79 Å². The van der Waals surface area contributed by atoms with E-state index in [0.29, 0.717) is 11.1 Å². The van der Waals surface area contributed by atoms with Crippen molar-refractivity contribution in [3.8, 4) is 11.5 Å². The van der Waals surface area contributed by atoms with Crippen LogP contribution in [0.2, 0.25) is 0 Å². The van der Waals surface area contributed by atoms with Crippen LogP contribution in [0.1, 0.15) is 27.6 Å². The molecule has 7 nitrogen and oxygen atoms in total. The zero-order valence-electron chi connectivity index (χ0n) is 13.0. The molecule has 1 aliphatic heterocycles. The number of phenols is 2. The number of aliphatic carboxylic acids is 1. The first-order valence-corrected chi connectivity index (χ1v) is 7.37. The summed E-state index contributed by atoms with van der Waals surface area (Å²) in [4.78, 5) is 25.3. The molecule has 0 aliphatic carbocycles. The number of hydrogen-bond donors (Lipinski definition) is 4.